The number of thiazole rings is 1. The average Bonchev–Trinajstić information content (AvgIpc) is 3.01. The molecule has 2 N–H and O–H groups in total. The molecule has 1 aromatic heterocycles. The van der Waals surface area contributed by atoms with Gasteiger partial charge in [-0.3, -0.25) is 4.79 Å². The lowest BCUT2D eigenvalue weighted by Crippen LogP contribution is -2.22. The van der Waals surface area contributed by atoms with Gasteiger partial charge >= 0.3 is 0 Å². The molecule has 0 fully saturated rings. The van der Waals surface area contributed by atoms with Crippen LogP contribution in [0.4, 0.5) is 0 Å². The Bertz CT molecular complexity index is 662. The second-order valence-corrected chi connectivity index (χ2v) is 7.17. The Morgan fingerprint density at radius 2 is 2.09 bits per heavy atom. The van der Waals surface area contributed by atoms with Crippen LogP contribution >= 0.6 is 11.3 Å². The molecule has 0 aliphatic carbocycles. The average molecular weight is 334 g/mol. The fourth-order valence-corrected chi connectivity index (χ4v) is 2.82. The molecule has 1 heterocycles. The summed E-state index contributed by atoms with van der Waals surface area (Å²) in [6.45, 7) is 6.77. The van der Waals surface area contributed by atoms with Crippen LogP contribution in [0.2, 0.25) is 0 Å². The van der Waals surface area contributed by atoms with Gasteiger partial charge in [0.15, 0.2) is 0 Å². The Morgan fingerprint density at radius 1 is 1.35 bits per heavy atom. The fourth-order valence-electron chi connectivity index (χ4n) is 1.93. The second kappa shape index (κ2) is 7.57. The first-order valence-corrected chi connectivity index (χ1v) is 8.29. The summed E-state index contributed by atoms with van der Waals surface area (Å²) in [5.41, 5.74) is 0.809. The van der Waals surface area contributed by atoms with Gasteiger partial charge in [0.2, 0.25) is 0 Å². The van der Waals surface area contributed by atoms with E-state index in [1.807, 2.05) is 24.3 Å². The number of hydrogen-bond acceptors (Lipinski definition) is 5. The number of aromatic nitrogens is 1. The Labute approximate surface area is 140 Å². The van der Waals surface area contributed by atoms with Crippen molar-refractivity contribution < 1.29 is 14.6 Å². The molecule has 5 nitrogen and oxygen atoms in total. The SMILES string of the molecule is CC(C)(C)c1ncc(C(=O)NCc2ccccc2OCCO)s1. The summed E-state index contributed by atoms with van der Waals surface area (Å²) >= 11 is 1.41. The third-order valence-electron chi connectivity index (χ3n) is 3.13. The van der Waals surface area contributed by atoms with Gasteiger partial charge in [-0.25, -0.2) is 4.98 Å². The first-order chi connectivity index (χ1) is 10.9. The highest BCUT2D eigenvalue weighted by Crippen LogP contribution is 2.26. The molecular weight excluding hydrogens is 312 g/mol. The highest BCUT2D eigenvalue weighted by Gasteiger charge is 2.20. The van der Waals surface area contributed by atoms with E-state index in [0.717, 1.165) is 10.6 Å². The van der Waals surface area contributed by atoms with Gasteiger partial charge in [0.1, 0.15) is 17.2 Å². The van der Waals surface area contributed by atoms with Crippen LogP contribution in [0, 0.1) is 0 Å². The van der Waals surface area contributed by atoms with E-state index in [0.29, 0.717) is 17.2 Å². The minimum absolute atomic E-state index is 0.0445. The highest BCUT2D eigenvalue weighted by molar-refractivity contribution is 7.13. The van der Waals surface area contributed by atoms with Crippen molar-refractivity contribution in [1.29, 1.82) is 0 Å². The van der Waals surface area contributed by atoms with Crippen LogP contribution in [0.1, 0.15) is 41.0 Å². The minimum Gasteiger partial charge on any atom is -0.491 e. The number of ether oxygens (including phenoxy) is 1. The van der Waals surface area contributed by atoms with E-state index >= 15 is 0 Å². The molecule has 2 aromatic rings. The van der Waals surface area contributed by atoms with Crippen molar-refractivity contribution in [2.45, 2.75) is 32.7 Å². The number of nitrogens with one attached hydrogen (secondary N) is 1. The van der Waals surface area contributed by atoms with E-state index in [1.165, 1.54) is 11.3 Å². The van der Waals surface area contributed by atoms with E-state index in [4.69, 9.17) is 9.84 Å². The number of carbonyl (C=O) groups is 1. The predicted octanol–water partition coefficient (Wildman–Crippen LogP) is 2.74. The van der Waals surface area contributed by atoms with Crippen molar-refractivity contribution >= 4 is 17.2 Å². The summed E-state index contributed by atoms with van der Waals surface area (Å²) in [7, 11) is 0. The molecule has 2 rings (SSSR count). The van der Waals surface area contributed by atoms with E-state index in [1.54, 1.807) is 6.20 Å². The summed E-state index contributed by atoms with van der Waals surface area (Å²) in [6, 6.07) is 7.45. The minimum atomic E-state index is -0.144. The maximum atomic E-state index is 12.3. The molecule has 124 valence electrons. The highest BCUT2D eigenvalue weighted by atomic mass is 32.1. The van der Waals surface area contributed by atoms with Gasteiger partial charge in [-0.15, -0.1) is 11.3 Å². The van der Waals surface area contributed by atoms with Gasteiger partial charge in [-0.1, -0.05) is 39.0 Å². The first-order valence-electron chi connectivity index (χ1n) is 7.48. The van der Waals surface area contributed by atoms with Crippen LogP contribution < -0.4 is 10.1 Å². The van der Waals surface area contributed by atoms with Crippen molar-refractivity contribution in [3.05, 3.63) is 45.9 Å². The third kappa shape index (κ3) is 4.77. The van der Waals surface area contributed by atoms with Gasteiger partial charge < -0.3 is 15.2 Å². The lowest BCUT2D eigenvalue weighted by Gasteiger charge is -2.13. The zero-order valence-corrected chi connectivity index (χ0v) is 14.4. The summed E-state index contributed by atoms with van der Waals surface area (Å²) in [6.07, 6.45) is 1.62. The van der Waals surface area contributed by atoms with Crippen LogP contribution in [0.5, 0.6) is 5.75 Å². The second-order valence-electron chi connectivity index (χ2n) is 6.14. The van der Waals surface area contributed by atoms with Crippen LogP contribution in [-0.4, -0.2) is 29.2 Å². The number of aliphatic hydroxyl groups excluding tert-OH is 1. The van der Waals surface area contributed by atoms with Gasteiger partial charge in [0.25, 0.3) is 5.91 Å². The summed E-state index contributed by atoms with van der Waals surface area (Å²) in [5.74, 6) is 0.525. The first kappa shape index (κ1) is 17.4. The molecular formula is C17H22N2O3S. The number of rotatable bonds is 6. The summed E-state index contributed by atoms with van der Waals surface area (Å²) in [5, 5.41) is 12.7. The molecule has 0 saturated heterocycles. The van der Waals surface area contributed by atoms with Crippen molar-refractivity contribution in [2.75, 3.05) is 13.2 Å². The molecule has 0 spiro atoms. The molecule has 0 bridgehead atoms. The molecule has 0 atom stereocenters. The van der Waals surface area contributed by atoms with Crippen molar-refractivity contribution in [3.8, 4) is 5.75 Å². The number of benzene rings is 1. The number of nitrogens with zero attached hydrogens (tertiary/aromatic N) is 1. The van der Waals surface area contributed by atoms with Crippen LogP contribution in [0.3, 0.4) is 0 Å². The van der Waals surface area contributed by atoms with Crippen LogP contribution in [-0.2, 0) is 12.0 Å². The van der Waals surface area contributed by atoms with E-state index in [-0.39, 0.29) is 24.5 Å². The quantitative estimate of drug-likeness (QED) is 0.852. The molecule has 6 heteroatoms. The Morgan fingerprint density at radius 3 is 2.74 bits per heavy atom. The Hall–Kier alpha value is -1.92. The van der Waals surface area contributed by atoms with Crippen LogP contribution in [0.15, 0.2) is 30.5 Å². The third-order valence-corrected chi connectivity index (χ3v) is 4.55. The monoisotopic (exact) mass is 334 g/mol. The lowest BCUT2D eigenvalue weighted by molar-refractivity contribution is 0.0954. The molecule has 1 aromatic carbocycles. The molecule has 23 heavy (non-hydrogen) atoms. The van der Waals surface area contributed by atoms with Crippen LogP contribution in [0.25, 0.3) is 0 Å². The molecule has 0 aliphatic rings. The maximum Gasteiger partial charge on any atom is 0.263 e. The maximum absolute atomic E-state index is 12.3. The van der Waals surface area contributed by atoms with Gasteiger partial charge in [-0.05, 0) is 6.07 Å². The normalized spacial score (nSPS) is 11.3. The molecule has 0 radical (unpaired) electrons. The van der Waals surface area contributed by atoms with Crippen molar-refractivity contribution in [1.82, 2.24) is 10.3 Å². The zero-order chi connectivity index (χ0) is 16.9. The zero-order valence-electron chi connectivity index (χ0n) is 13.6. The lowest BCUT2D eigenvalue weighted by atomic mass is 9.98. The van der Waals surface area contributed by atoms with E-state index < -0.39 is 0 Å². The Kier molecular flexibility index (Phi) is 5.74. The topological polar surface area (TPSA) is 71.5 Å². The Balaban J connectivity index is 2.01. The number of para-hydroxylation sites is 1. The summed E-state index contributed by atoms with van der Waals surface area (Å²) < 4.78 is 5.46. The smallest absolute Gasteiger partial charge is 0.263 e. The summed E-state index contributed by atoms with van der Waals surface area (Å²) in [4.78, 5) is 17.2. The van der Waals surface area contributed by atoms with Gasteiger partial charge in [0, 0.05) is 17.5 Å². The largest absolute Gasteiger partial charge is 0.491 e. The standard InChI is InChI=1S/C17H22N2O3S/c1-17(2,3)16-19-11-14(23-16)15(21)18-10-12-6-4-5-7-13(12)22-9-8-20/h4-7,11,20H,8-10H2,1-3H3,(H,18,21). The van der Waals surface area contributed by atoms with E-state index in [2.05, 4.69) is 31.1 Å². The van der Waals surface area contributed by atoms with Gasteiger partial charge in [0.05, 0.1) is 17.8 Å². The number of amides is 1. The van der Waals surface area contributed by atoms with Gasteiger partial charge in [-0.2, -0.15) is 0 Å². The molecule has 1 amide bonds. The molecule has 0 aliphatic heterocycles. The molecule has 0 unspecified atom stereocenters. The number of hydrogen-bond donors (Lipinski definition) is 2. The predicted molar refractivity (Wildman–Crippen MR) is 91.0 cm³/mol. The van der Waals surface area contributed by atoms with Crippen molar-refractivity contribution in [3.63, 3.8) is 0 Å². The fraction of sp³-hybridized carbons (Fsp3) is 0.412. The van der Waals surface area contributed by atoms with Crippen molar-refractivity contribution in [2.24, 2.45) is 0 Å². The number of aliphatic hydroxyl groups is 1. The number of carbonyl (C=O) groups excluding carboxylic acids is 1. The van der Waals surface area contributed by atoms with E-state index in [9.17, 15) is 4.79 Å². The molecule has 0 saturated carbocycles.